The summed E-state index contributed by atoms with van der Waals surface area (Å²) in [5.41, 5.74) is 5.62. The minimum atomic E-state index is -4.31. The maximum Gasteiger partial charge on any atom is 0.411 e. The number of rotatable bonds is 7. The Morgan fingerprint density at radius 1 is 1.21 bits per heavy atom. The number of nitrogens with zero attached hydrogens (tertiary/aromatic N) is 2. The summed E-state index contributed by atoms with van der Waals surface area (Å²) in [5.74, 6) is 0.0692. The second-order valence-corrected chi connectivity index (χ2v) is 7.42. The third-order valence-corrected chi connectivity index (χ3v) is 5.05. The molecular weight excluding hydrogens is 391 g/mol. The van der Waals surface area contributed by atoms with Crippen LogP contribution in [-0.4, -0.2) is 60.1 Å². The molecule has 8 nitrogen and oxygen atoms in total. The summed E-state index contributed by atoms with van der Waals surface area (Å²) < 4.78 is 47.2. The molecular formula is C18H26F3N5O3. The summed E-state index contributed by atoms with van der Waals surface area (Å²) in [6.07, 6.45) is 0.823. The van der Waals surface area contributed by atoms with Crippen LogP contribution in [0.5, 0.6) is 0 Å². The van der Waals surface area contributed by atoms with Crippen molar-refractivity contribution in [3.8, 4) is 0 Å². The molecule has 0 bridgehead atoms. The van der Waals surface area contributed by atoms with Crippen molar-refractivity contribution in [3.05, 3.63) is 11.8 Å². The standard InChI is InChI=1S/C18H26F3N5O3/c19-18(20,21)10-29-13-5-3-11(4-6-13)25-17-23-8-14(15(22)27)16(26-17)24-12-2-1-7-28-9-12/h8,11-13H,1-7,9-10H2,(H2,22,27)(H2,23,24,25,26)/t11?,12-,13?/m1/s1. The van der Waals surface area contributed by atoms with Gasteiger partial charge in [0, 0.05) is 18.8 Å². The number of nitrogens with one attached hydrogen (secondary N) is 2. The van der Waals surface area contributed by atoms with Crippen LogP contribution in [0, 0.1) is 0 Å². The monoisotopic (exact) mass is 417 g/mol. The molecule has 1 aliphatic carbocycles. The van der Waals surface area contributed by atoms with Crippen LogP contribution in [-0.2, 0) is 9.47 Å². The fraction of sp³-hybridized carbons (Fsp3) is 0.722. The van der Waals surface area contributed by atoms with Gasteiger partial charge in [-0.3, -0.25) is 4.79 Å². The van der Waals surface area contributed by atoms with Crippen LogP contribution in [0.2, 0.25) is 0 Å². The molecule has 3 rings (SSSR count). The second-order valence-electron chi connectivity index (χ2n) is 7.42. The number of hydrogen-bond acceptors (Lipinski definition) is 7. The topological polar surface area (TPSA) is 111 Å². The van der Waals surface area contributed by atoms with E-state index < -0.39 is 24.8 Å². The molecule has 2 aliphatic rings. The molecule has 2 heterocycles. The van der Waals surface area contributed by atoms with Crippen molar-refractivity contribution in [1.82, 2.24) is 9.97 Å². The number of alkyl halides is 3. The van der Waals surface area contributed by atoms with Gasteiger partial charge in [0.1, 0.15) is 12.4 Å². The van der Waals surface area contributed by atoms with E-state index in [9.17, 15) is 18.0 Å². The summed E-state index contributed by atoms with van der Waals surface area (Å²) in [6, 6.07) is 0.0526. The number of hydrogen-bond donors (Lipinski definition) is 3. The largest absolute Gasteiger partial charge is 0.411 e. The molecule has 0 aromatic carbocycles. The van der Waals surface area contributed by atoms with Crippen molar-refractivity contribution in [2.24, 2.45) is 5.73 Å². The zero-order valence-electron chi connectivity index (χ0n) is 16.0. The van der Waals surface area contributed by atoms with Crippen LogP contribution in [0.4, 0.5) is 24.9 Å². The lowest BCUT2D eigenvalue weighted by Gasteiger charge is -2.29. The minimum absolute atomic E-state index is 0.0195. The summed E-state index contributed by atoms with van der Waals surface area (Å²) in [7, 11) is 0. The van der Waals surface area contributed by atoms with Crippen LogP contribution in [0.3, 0.4) is 0 Å². The van der Waals surface area contributed by atoms with Gasteiger partial charge >= 0.3 is 6.18 Å². The van der Waals surface area contributed by atoms with E-state index in [4.69, 9.17) is 15.2 Å². The molecule has 1 amide bonds. The van der Waals surface area contributed by atoms with Crippen molar-refractivity contribution >= 4 is 17.7 Å². The Labute approximate surface area is 166 Å². The minimum Gasteiger partial charge on any atom is -0.379 e. The molecule has 4 N–H and O–H groups in total. The third-order valence-electron chi connectivity index (χ3n) is 5.05. The van der Waals surface area contributed by atoms with Crippen molar-refractivity contribution in [2.45, 2.75) is 62.9 Å². The smallest absolute Gasteiger partial charge is 0.379 e. The van der Waals surface area contributed by atoms with Gasteiger partial charge in [0.15, 0.2) is 0 Å². The Balaban J connectivity index is 1.57. The molecule has 1 aromatic rings. The molecule has 11 heteroatoms. The predicted octanol–water partition coefficient (Wildman–Crippen LogP) is 2.47. The number of anilines is 2. The molecule has 1 saturated heterocycles. The van der Waals surface area contributed by atoms with Gasteiger partial charge in [0.2, 0.25) is 5.95 Å². The first-order chi connectivity index (χ1) is 13.8. The van der Waals surface area contributed by atoms with E-state index in [-0.39, 0.29) is 17.6 Å². The molecule has 0 spiro atoms. The number of nitrogens with two attached hydrogens (primary N) is 1. The van der Waals surface area contributed by atoms with Gasteiger partial charge in [-0.05, 0) is 38.5 Å². The number of halogens is 3. The number of carbonyl (C=O) groups is 1. The number of aromatic nitrogens is 2. The highest BCUT2D eigenvalue weighted by Gasteiger charge is 2.31. The summed E-state index contributed by atoms with van der Waals surface area (Å²) in [6.45, 7) is 0.0209. The zero-order chi connectivity index (χ0) is 20.9. The van der Waals surface area contributed by atoms with E-state index in [2.05, 4.69) is 20.6 Å². The number of ether oxygens (including phenoxy) is 2. The first-order valence-electron chi connectivity index (χ1n) is 9.76. The molecule has 0 radical (unpaired) electrons. The SMILES string of the molecule is NC(=O)c1cnc(NC2CCC(OCC(F)(F)F)CC2)nc1N[C@@H]1CCCOC1. The van der Waals surface area contributed by atoms with Crippen LogP contribution < -0.4 is 16.4 Å². The molecule has 1 aliphatic heterocycles. The van der Waals surface area contributed by atoms with Crippen molar-refractivity contribution < 1.29 is 27.4 Å². The van der Waals surface area contributed by atoms with Crippen LogP contribution in [0.15, 0.2) is 6.20 Å². The zero-order valence-corrected chi connectivity index (χ0v) is 16.0. The molecule has 1 saturated carbocycles. The molecule has 2 fully saturated rings. The van der Waals surface area contributed by atoms with E-state index in [1.165, 1.54) is 6.20 Å². The number of amides is 1. The maximum atomic E-state index is 12.3. The van der Waals surface area contributed by atoms with E-state index in [0.717, 1.165) is 12.8 Å². The van der Waals surface area contributed by atoms with Gasteiger partial charge in [-0.2, -0.15) is 18.2 Å². The lowest BCUT2D eigenvalue weighted by atomic mass is 9.93. The van der Waals surface area contributed by atoms with E-state index in [0.29, 0.717) is 50.7 Å². The van der Waals surface area contributed by atoms with Gasteiger partial charge in [0.05, 0.1) is 24.3 Å². The van der Waals surface area contributed by atoms with Crippen LogP contribution >= 0.6 is 0 Å². The van der Waals surface area contributed by atoms with E-state index in [1.807, 2.05) is 0 Å². The molecule has 0 unspecified atom stereocenters. The fourth-order valence-electron chi connectivity index (χ4n) is 3.56. The number of carbonyl (C=O) groups excluding carboxylic acids is 1. The van der Waals surface area contributed by atoms with Gasteiger partial charge in [-0.15, -0.1) is 0 Å². The molecule has 1 aromatic heterocycles. The molecule has 1 atom stereocenters. The van der Waals surface area contributed by atoms with Crippen molar-refractivity contribution in [1.29, 1.82) is 0 Å². The first kappa shape index (κ1) is 21.6. The third kappa shape index (κ3) is 6.70. The van der Waals surface area contributed by atoms with Gasteiger partial charge < -0.3 is 25.8 Å². The Bertz CT molecular complexity index is 690. The van der Waals surface area contributed by atoms with Gasteiger partial charge in [-0.1, -0.05) is 0 Å². The Kier molecular flexibility index (Phi) is 7.12. The van der Waals surface area contributed by atoms with Crippen molar-refractivity contribution in [3.63, 3.8) is 0 Å². The van der Waals surface area contributed by atoms with Gasteiger partial charge in [0.25, 0.3) is 5.91 Å². The summed E-state index contributed by atoms with van der Waals surface area (Å²) in [5, 5.41) is 6.40. The predicted molar refractivity (Wildman–Crippen MR) is 99.7 cm³/mol. The fourth-order valence-corrected chi connectivity index (χ4v) is 3.56. The number of primary amides is 1. The average Bonchev–Trinajstić information content (AvgIpc) is 2.68. The van der Waals surface area contributed by atoms with Gasteiger partial charge in [-0.25, -0.2) is 4.98 Å². The normalized spacial score (nSPS) is 25.4. The highest BCUT2D eigenvalue weighted by molar-refractivity contribution is 5.97. The lowest BCUT2D eigenvalue weighted by Crippen LogP contribution is -2.33. The maximum absolute atomic E-state index is 12.3. The van der Waals surface area contributed by atoms with Crippen LogP contribution in [0.1, 0.15) is 48.9 Å². The Morgan fingerprint density at radius 2 is 1.97 bits per heavy atom. The molecule has 162 valence electrons. The lowest BCUT2D eigenvalue weighted by molar-refractivity contribution is -0.187. The second kappa shape index (κ2) is 9.57. The Morgan fingerprint density at radius 3 is 2.59 bits per heavy atom. The van der Waals surface area contributed by atoms with Crippen molar-refractivity contribution in [2.75, 3.05) is 30.5 Å². The molecule has 29 heavy (non-hydrogen) atoms. The van der Waals surface area contributed by atoms with E-state index >= 15 is 0 Å². The highest BCUT2D eigenvalue weighted by atomic mass is 19.4. The summed E-state index contributed by atoms with van der Waals surface area (Å²) in [4.78, 5) is 20.3. The first-order valence-corrected chi connectivity index (χ1v) is 9.76. The average molecular weight is 417 g/mol. The van der Waals surface area contributed by atoms with E-state index in [1.54, 1.807) is 0 Å². The Hall–Kier alpha value is -2.14. The van der Waals surface area contributed by atoms with Crippen LogP contribution in [0.25, 0.3) is 0 Å². The summed E-state index contributed by atoms with van der Waals surface area (Å²) >= 11 is 0. The quantitative estimate of drug-likeness (QED) is 0.625. The highest BCUT2D eigenvalue weighted by Crippen LogP contribution is 2.26.